The quantitative estimate of drug-likeness (QED) is 0.569. The van der Waals surface area contributed by atoms with Gasteiger partial charge in [-0.1, -0.05) is 6.08 Å². The van der Waals surface area contributed by atoms with Crippen molar-refractivity contribution in [2.45, 2.75) is 0 Å². The van der Waals surface area contributed by atoms with E-state index in [1.807, 2.05) is 37.2 Å². The summed E-state index contributed by atoms with van der Waals surface area (Å²) in [5.41, 5.74) is 6.06. The van der Waals surface area contributed by atoms with Gasteiger partial charge in [0.15, 0.2) is 11.7 Å². The van der Waals surface area contributed by atoms with E-state index >= 15 is 0 Å². The van der Waals surface area contributed by atoms with Crippen molar-refractivity contribution in [1.82, 2.24) is 4.90 Å². The molecule has 0 saturated carbocycles. The third-order valence-corrected chi connectivity index (χ3v) is 7.78. The molecule has 0 aliphatic carbocycles. The fourth-order valence-corrected chi connectivity index (χ4v) is 5.59. The topological polar surface area (TPSA) is 102 Å². The van der Waals surface area contributed by atoms with Crippen molar-refractivity contribution in [3.05, 3.63) is 71.6 Å². The summed E-state index contributed by atoms with van der Waals surface area (Å²) in [6, 6.07) is 12.7. The van der Waals surface area contributed by atoms with Gasteiger partial charge in [0.05, 0.1) is 26.4 Å². The van der Waals surface area contributed by atoms with E-state index < -0.39 is 0 Å². The first-order valence-corrected chi connectivity index (χ1v) is 14.0. The van der Waals surface area contributed by atoms with Crippen molar-refractivity contribution in [3.8, 4) is 0 Å². The predicted octanol–water partition coefficient (Wildman–Crippen LogP) is 3.13. The highest BCUT2D eigenvalue weighted by atomic mass is 16.5. The summed E-state index contributed by atoms with van der Waals surface area (Å²) in [5, 5.41) is 6.69. The first-order valence-electron chi connectivity index (χ1n) is 14.0. The van der Waals surface area contributed by atoms with Gasteiger partial charge in [0.2, 0.25) is 5.96 Å². The molecule has 0 amide bonds. The highest BCUT2D eigenvalue weighted by molar-refractivity contribution is 6.26. The molecule has 0 atom stereocenters. The molecule has 0 unspecified atom stereocenters. The third-order valence-electron chi connectivity index (χ3n) is 7.78. The van der Waals surface area contributed by atoms with E-state index in [9.17, 15) is 0 Å². The summed E-state index contributed by atoms with van der Waals surface area (Å²) < 4.78 is 11.1. The number of hydrogen-bond donors (Lipinski definition) is 2. The largest absolute Gasteiger partial charge is 0.387 e. The van der Waals surface area contributed by atoms with E-state index in [1.165, 1.54) is 0 Å². The Labute approximate surface area is 239 Å². The number of morpholine rings is 2. The van der Waals surface area contributed by atoms with Crippen molar-refractivity contribution in [2.24, 2.45) is 20.0 Å². The van der Waals surface area contributed by atoms with Crippen LogP contribution < -0.4 is 20.4 Å². The maximum Gasteiger partial charge on any atom is 0.241 e. The molecule has 41 heavy (non-hydrogen) atoms. The molecule has 0 bridgehead atoms. The van der Waals surface area contributed by atoms with Gasteiger partial charge >= 0.3 is 0 Å². The maximum atomic E-state index is 5.53. The van der Waals surface area contributed by atoms with Crippen LogP contribution in [0.2, 0.25) is 0 Å². The van der Waals surface area contributed by atoms with Crippen molar-refractivity contribution >= 4 is 46.2 Å². The van der Waals surface area contributed by atoms with Crippen molar-refractivity contribution in [2.75, 3.05) is 87.1 Å². The van der Waals surface area contributed by atoms with Crippen molar-refractivity contribution in [1.29, 1.82) is 0 Å². The molecule has 0 spiro atoms. The Morgan fingerprint density at radius 2 is 1.24 bits per heavy atom. The minimum absolute atomic E-state index is 0.546. The number of ether oxygens (including phenoxy) is 2. The highest BCUT2D eigenvalue weighted by Crippen LogP contribution is 2.32. The van der Waals surface area contributed by atoms with E-state index in [1.54, 1.807) is 0 Å². The number of benzene rings is 2. The van der Waals surface area contributed by atoms with Crippen LogP contribution in [-0.4, -0.2) is 95.1 Å². The van der Waals surface area contributed by atoms with Crippen LogP contribution >= 0.6 is 0 Å². The summed E-state index contributed by atoms with van der Waals surface area (Å²) in [4.78, 5) is 26.3. The number of amidine groups is 3. The molecule has 210 valence electrons. The van der Waals surface area contributed by atoms with E-state index in [-0.39, 0.29) is 0 Å². The Kier molecular flexibility index (Phi) is 6.73. The van der Waals surface area contributed by atoms with Crippen LogP contribution in [0.1, 0.15) is 11.1 Å². The molecule has 5 heterocycles. The number of rotatable bonds is 6. The van der Waals surface area contributed by atoms with Crippen LogP contribution in [0.15, 0.2) is 80.4 Å². The Morgan fingerprint density at radius 1 is 0.683 bits per heavy atom. The summed E-state index contributed by atoms with van der Waals surface area (Å²) in [6.45, 7) is 6.47. The van der Waals surface area contributed by atoms with Crippen LogP contribution in [0.3, 0.4) is 0 Å². The number of aliphatic imine (C=N–C) groups is 4. The van der Waals surface area contributed by atoms with Crippen molar-refractivity contribution < 1.29 is 9.47 Å². The lowest BCUT2D eigenvalue weighted by Gasteiger charge is -2.32. The Balaban J connectivity index is 1.25. The number of guanidine groups is 1. The summed E-state index contributed by atoms with van der Waals surface area (Å²) in [6.07, 6.45) is 5.90. The Bertz CT molecular complexity index is 1470. The first-order chi connectivity index (χ1) is 20.2. The van der Waals surface area contributed by atoms with Gasteiger partial charge in [-0.25, -0.2) is 14.9 Å². The number of nitrogens with one attached hydrogen (secondary N) is 2. The molecular formula is C30H33N9O2. The van der Waals surface area contributed by atoms with E-state index in [0.717, 1.165) is 98.1 Å². The molecule has 0 aromatic heterocycles. The van der Waals surface area contributed by atoms with Crippen LogP contribution in [0.25, 0.3) is 0 Å². The average molecular weight is 552 g/mol. The lowest BCUT2D eigenvalue weighted by atomic mass is 10.1. The number of hydrogen-bond acceptors (Lipinski definition) is 11. The lowest BCUT2D eigenvalue weighted by Crippen LogP contribution is -2.41. The minimum Gasteiger partial charge on any atom is -0.387 e. The van der Waals surface area contributed by atoms with E-state index in [4.69, 9.17) is 29.4 Å². The number of anilines is 4. The van der Waals surface area contributed by atoms with Gasteiger partial charge in [0, 0.05) is 74.2 Å². The van der Waals surface area contributed by atoms with Gasteiger partial charge in [-0.15, -0.1) is 0 Å². The van der Waals surface area contributed by atoms with Crippen LogP contribution in [0.5, 0.6) is 0 Å². The summed E-state index contributed by atoms with van der Waals surface area (Å²) in [7, 11) is 3.85. The van der Waals surface area contributed by atoms with Gasteiger partial charge in [-0.05, 0) is 48.6 Å². The zero-order valence-corrected chi connectivity index (χ0v) is 23.3. The molecule has 11 heteroatoms. The molecule has 2 aromatic carbocycles. The minimum atomic E-state index is 0.546. The SMILES string of the molecule is CNc1cc(N2CCOCC2)ccc1C1=NC2=CC=CC3=NC(c4ccc(N5CCOCC5)cc4NC)=NC(=N1)N23. The summed E-state index contributed by atoms with van der Waals surface area (Å²) in [5.74, 6) is 3.24. The Morgan fingerprint density at radius 3 is 1.80 bits per heavy atom. The third kappa shape index (κ3) is 4.76. The average Bonchev–Trinajstić information content (AvgIpc) is 3.05. The lowest BCUT2D eigenvalue weighted by molar-refractivity contribution is 0.122. The molecule has 7 rings (SSSR count). The number of allylic oxidation sites excluding steroid dienone is 2. The fraction of sp³-hybridized carbons (Fsp3) is 0.333. The Hall–Kier alpha value is -4.48. The molecule has 2 N–H and O–H groups in total. The fourth-order valence-electron chi connectivity index (χ4n) is 5.59. The zero-order chi connectivity index (χ0) is 27.8. The second-order valence-corrected chi connectivity index (χ2v) is 10.1. The summed E-state index contributed by atoms with van der Waals surface area (Å²) >= 11 is 0. The second-order valence-electron chi connectivity index (χ2n) is 10.1. The smallest absolute Gasteiger partial charge is 0.241 e. The molecule has 0 radical (unpaired) electrons. The van der Waals surface area contributed by atoms with Crippen LogP contribution in [-0.2, 0) is 9.47 Å². The highest BCUT2D eigenvalue weighted by Gasteiger charge is 2.32. The van der Waals surface area contributed by atoms with Gasteiger partial charge < -0.3 is 29.9 Å². The molecule has 5 aliphatic rings. The van der Waals surface area contributed by atoms with Gasteiger partial charge in [-0.2, -0.15) is 9.98 Å². The standard InChI is InChI=1S/C30H33N9O2/c1-31-24-18-20(37-10-14-40-15-11-37)6-8-22(24)28-33-26-4-3-5-27-34-29(36-30(35-28)39(26)27)23-9-7-21(19-25(23)32-2)38-12-16-41-17-13-38/h3-9,18-19,31-32H,10-17H2,1-2H3. The van der Waals surface area contributed by atoms with Gasteiger partial charge in [-0.3, -0.25) is 0 Å². The second kappa shape index (κ2) is 10.8. The van der Waals surface area contributed by atoms with Gasteiger partial charge in [0.25, 0.3) is 0 Å². The van der Waals surface area contributed by atoms with Gasteiger partial charge in [0.1, 0.15) is 11.7 Å². The molecule has 11 nitrogen and oxygen atoms in total. The van der Waals surface area contributed by atoms with E-state index in [2.05, 4.69) is 56.8 Å². The van der Waals surface area contributed by atoms with Crippen LogP contribution in [0, 0.1) is 0 Å². The maximum absolute atomic E-state index is 5.53. The van der Waals surface area contributed by atoms with Crippen molar-refractivity contribution in [3.63, 3.8) is 0 Å². The molecular weight excluding hydrogens is 518 g/mol. The normalized spacial score (nSPS) is 20.0. The zero-order valence-electron chi connectivity index (χ0n) is 23.3. The molecule has 5 aliphatic heterocycles. The van der Waals surface area contributed by atoms with Crippen LogP contribution in [0.4, 0.5) is 22.7 Å². The predicted molar refractivity (Wildman–Crippen MR) is 165 cm³/mol. The molecule has 2 saturated heterocycles. The monoisotopic (exact) mass is 551 g/mol. The molecule has 2 aromatic rings. The number of nitrogens with zero attached hydrogens (tertiary/aromatic N) is 7. The first kappa shape index (κ1) is 25.5. The molecule has 2 fully saturated rings. The van der Waals surface area contributed by atoms with E-state index in [0.29, 0.717) is 17.6 Å².